The van der Waals surface area contributed by atoms with Crippen molar-refractivity contribution < 1.29 is 9.90 Å². The van der Waals surface area contributed by atoms with Crippen molar-refractivity contribution in [1.29, 1.82) is 0 Å². The van der Waals surface area contributed by atoms with Crippen LogP contribution >= 0.6 is 0 Å². The van der Waals surface area contributed by atoms with Crippen molar-refractivity contribution in [1.82, 2.24) is 0 Å². The number of unbranched alkanes of at least 4 members (excludes halogenated alkanes) is 1. The van der Waals surface area contributed by atoms with Crippen LogP contribution in [0, 0.1) is 0 Å². The lowest BCUT2D eigenvalue weighted by Crippen LogP contribution is -2.09. The lowest BCUT2D eigenvalue weighted by atomic mass is 10.3. The Balaban J connectivity index is 3.69. The summed E-state index contributed by atoms with van der Waals surface area (Å²) in [4.78, 5) is 10.0. The molecule has 0 unspecified atom stereocenters. The van der Waals surface area contributed by atoms with Gasteiger partial charge in [0.2, 0.25) is 0 Å². The zero-order valence-corrected chi connectivity index (χ0v) is 5.42. The number of carboxylic acids is 1. The molecule has 9 heavy (non-hydrogen) atoms. The molecule has 0 heterocycles. The van der Waals surface area contributed by atoms with Gasteiger partial charge >= 0.3 is 5.97 Å². The van der Waals surface area contributed by atoms with Crippen molar-refractivity contribution in [2.24, 2.45) is 5.73 Å². The van der Waals surface area contributed by atoms with E-state index < -0.39 is 5.97 Å². The van der Waals surface area contributed by atoms with Crippen LogP contribution in [0.3, 0.4) is 0 Å². The molecule has 0 saturated heterocycles. The molecule has 0 aliphatic carbocycles. The lowest BCUT2D eigenvalue weighted by molar-refractivity contribution is -0.132. The Morgan fingerprint density at radius 1 is 1.78 bits per heavy atom. The quantitative estimate of drug-likeness (QED) is 0.552. The SMILES string of the molecule is CCC/C=C(/N)C(=O)O. The van der Waals surface area contributed by atoms with Gasteiger partial charge in [-0.2, -0.15) is 0 Å². The van der Waals surface area contributed by atoms with E-state index in [0.717, 1.165) is 12.8 Å². The van der Waals surface area contributed by atoms with Gasteiger partial charge in [0.25, 0.3) is 0 Å². The Hall–Kier alpha value is -0.990. The molecule has 3 heteroatoms. The van der Waals surface area contributed by atoms with Gasteiger partial charge < -0.3 is 10.8 Å². The summed E-state index contributed by atoms with van der Waals surface area (Å²) in [6, 6.07) is 0. The molecule has 3 nitrogen and oxygen atoms in total. The van der Waals surface area contributed by atoms with Gasteiger partial charge in [0.05, 0.1) is 0 Å². The first kappa shape index (κ1) is 8.01. The van der Waals surface area contributed by atoms with Crippen LogP contribution in [0.5, 0.6) is 0 Å². The number of rotatable bonds is 3. The van der Waals surface area contributed by atoms with Crippen LogP contribution in [0.1, 0.15) is 19.8 Å². The predicted molar refractivity (Wildman–Crippen MR) is 34.8 cm³/mol. The van der Waals surface area contributed by atoms with Crippen molar-refractivity contribution in [2.75, 3.05) is 0 Å². The molecule has 3 N–H and O–H groups in total. The van der Waals surface area contributed by atoms with E-state index in [-0.39, 0.29) is 5.70 Å². The summed E-state index contributed by atoms with van der Waals surface area (Å²) in [5.74, 6) is -1.04. The van der Waals surface area contributed by atoms with Crippen LogP contribution in [0.25, 0.3) is 0 Å². The highest BCUT2D eigenvalue weighted by Crippen LogP contribution is 1.91. The van der Waals surface area contributed by atoms with E-state index in [2.05, 4.69) is 0 Å². The standard InChI is InChI=1S/C6H11NO2/c1-2-3-4-5(7)6(8)9/h4H,2-3,7H2,1H3,(H,8,9)/b5-4+. The largest absolute Gasteiger partial charge is 0.477 e. The van der Waals surface area contributed by atoms with E-state index in [1.807, 2.05) is 6.92 Å². The normalized spacial score (nSPS) is 11.4. The van der Waals surface area contributed by atoms with Crippen molar-refractivity contribution in [3.63, 3.8) is 0 Å². The van der Waals surface area contributed by atoms with Crippen LogP contribution in [0.15, 0.2) is 11.8 Å². The summed E-state index contributed by atoms with van der Waals surface area (Å²) in [6.45, 7) is 1.96. The lowest BCUT2D eigenvalue weighted by Gasteiger charge is -1.90. The molecule has 0 rings (SSSR count). The van der Waals surface area contributed by atoms with Crippen LogP contribution in [0.4, 0.5) is 0 Å². The molecule has 0 aromatic rings. The van der Waals surface area contributed by atoms with E-state index in [1.54, 1.807) is 0 Å². The minimum absolute atomic E-state index is 0.0585. The first-order valence-corrected chi connectivity index (χ1v) is 2.87. The molecule has 0 aliphatic rings. The smallest absolute Gasteiger partial charge is 0.351 e. The second kappa shape index (κ2) is 3.95. The molecule has 0 fully saturated rings. The summed E-state index contributed by atoms with van der Waals surface area (Å²) >= 11 is 0. The number of aliphatic carboxylic acids is 1. The second-order valence-electron chi connectivity index (χ2n) is 1.75. The third-order valence-corrected chi connectivity index (χ3v) is 0.900. The first-order chi connectivity index (χ1) is 4.18. The van der Waals surface area contributed by atoms with E-state index in [1.165, 1.54) is 6.08 Å². The molecule has 0 aromatic heterocycles. The van der Waals surface area contributed by atoms with E-state index in [9.17, 15) is 4.79 Å². The van der Waals surface area contributed by atoms with Gasteiger partial charge in [-0.05, 0) is 6.42 Å². The Kier molecular flexibility index (Phi) is 3.51. The molecule has 0 saturated carbocycles. The number of carboxylic acid groups (broad SMARTS) is 1. The second-order valence-corrected chi connectivity index (χ2v) is 1.75. The average Bonchev–Trinajstić information content (AvgIpc) is 1.82. The molecular weight excluding hydrogens is 118 g/mol. The van der Waals surface area contributed by atoms with Gasteiger partial charge in [-0.1, -0.05) is 19.4 Å². The molecular formula is C6H11NO2. The Morgan fingerprint density at radius 2 is 2.33 bits per heavy atom. The van der Waals surface area contributed by atoms with Gasteiger partial charge in [-0.3, -0.25) is 0 Å². The molecule has 52 valence electrons. The van der Waals surface area contributed by atoms with Crippen LogP contribution < -0.4 is 5.73 Å². The Morgan fingerprint density at radius 3 is 2.67 bits per heavy atom. The maximum atomic E-state index is 10.0. The van der Waals surface area contributed by atoms with Crippen LogP contribution in [-0.4, -0.2) is 11.1 Å². The van der Waals surface area contributed by atoms with Gasteiger partial charge in [-0.25, -0.2) is 4.79 Å². The number of nitrogens with two attached hydrogens (primary N) is 1. The number of hydrogen-bond acceptors (Lipinski definition) is 2. The third kappa shape index (κ3) is 3.58. The van der Waals surface area contributed by atoms with Crippen molar-refractivity contribution in [3.05, 3.63) is 11.8 Å². The molecule has 0 atom stereocenters. The maximum absolute atomic E-state index is 10.0. The zero-order chi connectivity index (χ0) is 7.28. The third-order valence-electron chi connectivity index (χ3n) is 0.900. The van der Waals surface area contributed by atoms with E-state index in [0.29, 0.717) is 0 Å². The summed E-state index contributed by atoms with van der Waals surface area (Å²) in [6.07, 6.45) is 3.18. The Bertz CT molecular complexity index is 129. The summed E-state index contributed by atoms with van der Waals surface area (Å²) in [7, 11) is 0. The van der Waals surface area contributed by atoms with Gasteiger partial charge in [0, 0.05) is 0 Å². The fraction of sp³-hybridized carbons (Fsp3) is 0.500. The number of allylic oxidation sites excluding steroid dienone is 1. The monoisotopic (exact) mass is 129 g/mol. The highest BCUT2D eigenvalue weighted by atomic mass is 16.4. The Labute approximate surface area is 54.2 Å². The molecule has 0 radical (unpaired) electrons. The van der Waals surface area contributed by atoms with Crippen molar-refractivity contribution >= 4 is 5.97 Å². The summed E-state index contributed by atoms with van der Waals surface area (Å²) in [5, 5.41) is 8.22. The molecule has 0 spiro atoms. The van der Waals surface area contributed by atoms with Gasteiger partial charge in [-0.15, -0.1) is 0 Å². The first-order valence-electron chi connectivity index (χ1n) is 2.87. The molecule has 0 aliphatic heterocycles. The molecule has 0 bridgehead atoms. The molecule has 0 amide bonds. The highest BCUT2D eigenvalue weighted by molar-refractivity contribution is 5.85. The maximum Gasteiger partial charge on any atom is 0.351 e. The van der Waals surface area contributed by atoms with Gasteiger partial charge in [0.15, 0.2) is 0 Å². The van der Waals surface area contributed by atoms with Crippen LogP contribution in [-0.2, 0) is 4.79 Å². The van der Waals surface area contributed by atoms with Crippen molar-refractivity contribution in [2.45, 2.75) is 19.8 Å². The van der Waals surface area contributed by atoms with Gasteiger partial charge in [0.1, 0.15) is 5.70 Å². The number of carbonyl (C=O) groups is 1. The minimum Gasteiger partial charge on any atom is -0.477 e. The summed E-state index contributed by atoms with van der Waals surface area (Å²) in [5.41, 5.74) is 5.01. The molecule has 0 aromatic carbocycles. The van der Waals surface area contributed by atoms with E-state index >= 15 is 0 Å². The van der Waals surface area contributed by atoms with E-state index in [4.69, 9.17) is 10.8 Å². The topological polar surface area (TPSA) is 63.3 Å². The van der Waals surface area contributed by atoms with Crippen LogP contribution in [0.2, 0.25) is 0 Å². The number of hydrogen-bond donors (Lipinski definition) is 2. The van der Waals surface area contributed by atoms with Crippen molar-refractivity contribution in [3.8, 4) is 0 Å². The average molecular weight is 129 g/mol. The fourth-order valence-electron chi connectivity index (χ4n) is 0.387. The highest BCUT2D eigenvalue weighted by Gasteiger charge is 1.96. The fourth-order valence-corrected chi connectivity index (χ4v) is 0.387. The zero-order valence-electron chi connectivity index (χ0n) is 5.42. The minimum atomic E-state index is -1.04. The summed E-state index contributed by atoms with van der Waals surface area (Å²) < 4.78 is 0. The predicted octanol–water partition coefficient (Wildman–Crippen LogP) is 0.714.